The molecule has 1 aliphatic carbocycles. The van der Waals surface area contributed by atoms with E-state index in [1.54, 1.807) is 0 Å². The molecule has 1 rings (SSSR count). The maximum atomic E-state index is 6.08. The van der Waals surface area contributed by atoms with Gasteiger partial charge in [0.05, 0.1) is 18.3 Å². The van der Waals surface area contributed by atoms with Crippen molar-refractivity contribution in [2.45, 2.75) is 84.2 Å². The van der Waals surface area contributed by atoms with Gasteiger partial charge >= 0.3 is 0 Å². The highest BCUT2D eigenvalue weighted by Gasteiger charge is 2.42. The fourth-order valence-electron chi connectivity index (χ4n) is 2.49. The first-order valence-corrected chi connectivity index (χ1v) is 7.73. The highest BCUT2D eigenvalue weighted by atomic mass is 16.6. The molecule has 0 aromatic rings. The van der Waals surface area contributed by atoms with Gasteiger partial charge in [-0.2, -0.15) is 0 Å². The minimum Gasteiger partial charge on any atom is -0.374 e. The smallest absolute Gasteiger partial charge is 0.0990 e. The lowest BCUT2D eigenvalue weighted by atomic mass is 9.84. The van der Waals surface area contributed by atoms with E-state index in [1.165, 1.54) is 12.8 Å². The van der Waals surface area contributed by atoms with Crippen molar-refractivity contribution < 1.29 is 9.47 Å². The molecule has 0 heterocycles. The van der Waals surface area contributed by atoms with E-state index in [1.807, 2.05) is 0 Å². The molecule has 1 aliphatic rings. The Kier molecular flexibility index (Phi) is 7.87. The van der Waals surface area contributed by atoms with Crippen molar-refractivity contribution >= 4 is 0 Å². The maximum Gasteiger partial charge on any atom is 0.0990 e. The summed E-state index contributed by atoms with van der Waals surface area (Å²) in [6, 6.07) is 0.496. The second-order valence-electron chi connectivity index (χ2n) is 5.41. The summed E-state index contributed by atoms with van der Waals surface area (Å²) in [6.07, 6.45) is 6.60. The highest BCUT2D eigenvalue weighted by Crippen LogP contribution is 2.29. The van der Waals surface area contributed by atoms with E-state index in [0.29, 0.717) is 18.2 Å². The van der Waals surface area contributed by atoms with Crippen LogP contribution < -0.4 is 5.32 Å². The van der Waals surface area contributed by atoms with Crippen LogP contribution in [0.5, 0.6) is 0 Å². The average Bonchev–Trinajstić information content (AvgIpc) is 2.33. The van der Waals surface area contributed by atoms with Gasteiger partial charge in [0.25, 0.3) is 0 Å². The van der Waals surface area contributed by atoms with E-state index in [-0.39, 0.29) is 6.10 Å². The molecule has 0 saturated heterocycles. The van der Waals surface area contributed by atoms with Crippen LogP contribution in [0, 0.1) is 0 Å². The van der Waals surface area contributed by atoms with E-state index < -0.39 is 0 Å². The summed E-state index contributed by atoms with van der Waals surface area (Å²) < 4.78 is 12.0. The first-order valence-electron chi connectivity index (χ1n) is 7.73. The van der Waals surface area contributed by atoms with Crippen LogP contribution in [-0.2, 0) is 9.47 Å². The Balaban J connectivity index is 2.33. The predicted molar refractivity (Wildman–Crippen MR) is 76.0 cm³/mol. The van der Waals surface area contributed by atoms with Gasteiger partial charge in [-0.15, -0.1) is 0 Å². The van der Waals surface area contributed by atoms with Crippen LogP contribution in [0.1, 0.15) is 59.8 Å². The zero-order chi connectivity index (χ0) is 13.4. The van der Waals surface area contributed by atoms with Gasteiger partial charge in [-0.25, -0.2) is 0 Å². The van der Waals surface area contributed by atoms with E-state index in [4.69, 9.17) is 9.47 Å². The lowest BCUT2D eigenvalue weighted by Gasteiger charge is -2.45. The minimum atomic E-state index is 0.260. The molecule has 0 radical (unpaired) electrons. The highest BCUT2D eigenvalue weighted by molar-refractivity contribution is 4.97. The third-order valence-electron chi connectivity index (χ3n) is 3.52. The molecule has 0 aromatic heterocycles. The first-order chi connectivity index (χ1) is 8.72. The monoisotopic (exact) mass is 257 g/mol. The Hall–Kier alpha value is -0.120. The Labute approximate surface area is 113 Å². The van der Waals surface area contributed by atoms with Crippen LogP contribution in [0.3, 0.4) is 0 Å². The van der Waals surface area contributed by atoms with Crippen molar-refractivity contribution in [2.75, 3.05) is 13.2 Å². The van der Waals surface area contributed by atoms with Gasteiger partial charge in [0, 0.05) is 12.6 Å². The standard InChI is InChI=1S/C15H31NO2/c1-5-8-12(4)18-14-11-13(16-9-6-2)15(14)17-10-7-3/h12-16H,5-11H2,1-4H3. The van der Waals surface area contributed by atoms with Crippen molar-refractivity contribution in [3.8, 4) is 0 Å². The van der Waals surface area contributed by atoms with Gasteiger partial charge in [-0.05, 0) is 39.2 Å². The Morgan fingerprint density at radius 2 is 1.94 bits per heavy atom. The Morgan fingerprint density at radius 1 is 1.17 bits per heavy atom. The number of ether oxygens (including phenoxy) is 2. The molecular weight excluding hydrogens is 226 g/mol. The van der Waals surface area contributed by atoms with Crippen LogP contribution in [0.4, 0.5) is 0 Å². The zero-order valence-electron chi connectivity index (χ0n) is 12.6. The Bertz CT molecular complexity index is 211. The molecule has 1 N–H and O–H groups in total. The molecule has 0 aromatic carbocycles. The van der Waals surface area contributed by atoms with Crippen molar-refractivity contribution in [3.63, 3.8) is 0 Å². The predicted octanol–water partition coefficient (Wildman–Crippen LogP) is 3.13. The number of rotatable bonds is 10. The summed E-state index contributed by atoms with van der Waals surface area (Å²) >= 11 is 0. The molecule has 4 atom stereocenters. The fourth-order valence-corrected chi connectivity index (χ4v) is 2.49. The lowest BCUT2D eigenvalue weighted by Crippen LogP contribution is -2.60. The van der Waals surface area contributed by atoms with Crippen LogP contribution in [-0.4, -0.2) is 37.5 Å². The minimum absolute atomic E-state index is 0.260. The van der Waals surface area contributed by atoms with Crippen LogP contribution in [0.15, 0.2) is 0 Å². The number of hydrogen-bond donors (Lipinski definition) is 1. The van der Waals surface area contributed by atoms with Gasteiger partial charge in [0.1, 0.15) is 0 Å². The molecule has 1 saturated carbocycles. The first kappa shape index (κ1) is 15.9. The second kappa shape index (κ2) is 8.89. The Morgan fingerprint density at radius 3 is 2.56 bits per heavy atom. The molecule has 4 unspecified atom stereocenters. The summed E-state index contributed by atoms with van der Waals surface area (Å²) in [7, 11) is 0. The number of hydrogen-bond acceptors (Lipinski definition) is 3. The quantitative estimate of drug-likeness (QED) is 0.652. The molecule has 1 fully saturated rings. The number of nitrogens with one attached hydrogen (secondary N) is 1. The van der Waals surface area contributed by atoms with Crippen molar-refractivity contribution in [1.82, 2.24) is 5.32 Å². The molecular formula is C15H31NO2. The van der Waals surface area contributed by atoms with Crippen molar-refractivity contribution in [1.29, 1.82) is 0 Å². The van der Waals surface area contributed by atoms with Gasteiger partial charge in [-0.1, -0.05) is 27.2 Å². The molecule has 0 aliphatic heterocycles. The van der Waals surface area contributed by atoms with Crippen molar-refractivity contribution in [3.05, 3.63) is 0 Å². The average molecular weight is 257 g/mol. The van der Waals surface area contributed by atoms with Crippen molar-refractivity contribution in [2.24, 2.45) is 0 Å². The largest absolute Gasteiger partial charge is 0.374 e. The summed E-state index contributed by atoms with van der Waals surface area (Å²) in [5, 5.41) is 3.56. The topological polar surface area (TPSA) is 30.5 Å². The SMILES string of the molecule is CCCNC1CC(OC(C)CCC)C1OCCC. The van der Waals surface area contributed by atoms with Gasteiger partial charge in [-0.3, -0.25) is 0 Å². The molecule has 0 amide bonds. The summed E-state index contributed by atoms with van der Waals surface area (Å²) in [5.74, 6) is 0. The summed E-state index contributed by atoms with van der Waals surface area (Å²) in [6.45, 7) is 10.7. The van der Waals surface area contributed by atoms with Gasteiger partial charge in [0.2, 0.25) is 0 Å². The molecule has 3 heteroatoms. The molecule has 0 spiro atoms. The normalized spacial score (nSPS) is 29.0. The lowest BCUT2D eigenvalue weighted by molar-refractivity contribution is -0.165. The van der Waals surface area contributed by atoms with Crippen LogP contribution >= 0.6 is 0 Å². The second-order valence-corrected chi connectivity index (χ2v) is 5.41. The van der Waals surface area contributed by atoms with Gasteiger partial charge in [0.15, 0.2) is 0 Å². The molecule has 108 valence electrons. The van der Waals surface area contributed by atoms with E-state index in [2.05, 4.69) is 33.0 Å². The summed E-state index contributed by atoms with van der Waals surface area (Å²) in [4.78, 5) is 0. The van der Waals surface area contributed by atoms with Gasteiger partial charge < -0.3 is 14.8 Å². The summed E-state index contributed by atoms with van der Waals surface area (Å²) in [5.41, 5.74) is 0. The van der Waals surface area contributed by atoms with Crippen LogP contribution in [0.2, 0.25) is 0 Å². The third kappa shape index (κ3) is 4.87. The molecule has 18 heavy (non-hydrogen) atoms. The van der Waals surface area contributed by atoms with E-state index in [0.717, 1.165) is 32.4 Å². The van der Waals surface area contributed by atoms with Crippen LogP contribution in [0.25, 0.3) is 0 Å². The van der Waals surface area contributed by atoms with E-state index in [9.17, 15) is 0 Å². The molecule has 0 bridgehead atoms. The zero-order valence-corrected chi connectivity index (χ0v) is 12.6. The molecule has 3 nitrogen and oxygen atoms in total. The fraction of sp³-hybridized carbons (Fsp3) is 1.00. The van der Waals surface area contributed by atoms with E-state index >= 15 is 0 Å². The maximum absolute atomic E-state index is 6.08. The third-order valence-corrected chi connectivity index (χ3v) is 3.52.